The monoisotopic (exact) mass is 435 g/mol. The minimum absolute atomic E-state index is 0. The van der Waals surface area contributed by atoms with Crippen molar-refractivity contribution in [2.24, 2.45) is 5.41 Å². The minimum Gasteiger partial charge on any atom is -0.486 e. The second-order valence-corrected chi connectivity index (χ2v) is 8.64. The molecule has 10 heteroatoms. The van der Waals surface area contributed by atoms with E-state index in [0.717, 1.165) is 25.9 Å². The molecule has 4 rings (SSSR count). The molecule has 1 saturated heterocycles. The van der Waals surface area contributed by atoms with Crippen LogP contribution in [-0.2, 0) is 16.3 Å². The van der Waals surface area contributed by atoms with Crippen molar-refractivity contribution in [2.45, 2.75) is 52.4 Å². The molecule has 1 N–H and O–H groups in total. The van der Waals surface area contributed by atoms with E-state index in [4.69, 9.17) is 9.47 Å². The predicted octanol–water partition coefficient (Wildman–Crippen LogP) is 2.40. The Morgan fingerprint density at radius 1 is 1.30 bits per heavy atom. The number of esters is 1. The first-order valence-electron chi connectivity index (χ1n) is 9.78. The standard InChI is InChI=1S/C20H25N5O4.ClH/c1-19(2,3)18(27)28-12-25-23-17(22-24-25)13-4-5-16-14(10-13)15(26)11-20(29-16)6-8-21-9-7-20;/h4-5,10,21H,6-9,11-12H2,1-3H3;1H. The largest absolute Gasteiger partial charge is 0.486 e. The first-order chi connectivity index (χ1) is 13.8. The van der Waals surface area contributed by atoms with E-state index in [1.807, 2.05) is 6.07 Å². The highest BCUT2D eigenvalue weighted by molar-refractivity contribution is 6.01. The summed E-state index contributed by atoms with van der Waals surface area (Å²) in [6.45, 7) is 6.91. The summed E-state index contributed by atoms with van der Waals surface area (Å²) in [5, 5.41) is 15.5. The van der Waals surface area contributed by atoms with Gasteiger partial charge in [-0.05, 0) is 57.3 Å². The van der Waals surface area contributed by atoms with Crippen LogP contribution >= 0.6 is 12.4 Å². The Bertz CT molecular complexity index is 947. The Labute approximate surface area is 180 Å². The summed E-state index contributed by atoms with van der Waals surface area (Å²) in [7, 11) is 0. The molecule has 1 fully saturated rings. The molecule has 0 bridgehead atoms. The van der Waals surface area contributed by atoms with Gasteiger partial charge in [-0.25, -0.2) is 0 Å². The van der Waals surface area contributed by atoms with Crippen LogP contribution in [0.2, 0.25) is 0 Å². The number of nitrogens with one attached hydrogen (secondary N) is 1. The highest BCUT2D eigenvalue weighted by Gasteiger charge is 2.41. The number of carbonyl (C=O) groups excluding carboxylic acids is 2. The van der Waals surface area contributed by atoms with Crippen molar-refractivity contribution >= 4 is 24.2 Å². The molecule has 0 aliphatic carbocycles. The van der Waals surface area contributed by atoms with Crippen LogP contribution in [0.4, 0.5) is 0 Å². The third kappa shape index (κ3) is 4.46. The molecule has 2 aliphatic heterocycles. The van der Waals surface area contributed by atoms with E-state index >= 15 is 0 Å². The van der Waals surface area contributed by atoms with Gasteiger partial charge >= 0.3 is 5.97 Å². The molecule has 0 atom stereocenters. The average Bonchev–Trinajstić information content (AvgIpc) is 3.14. The number of hydrogen-bond acceptors (Lipinski definition) is 8. The van der Waals surface area contributed by atoms with Crippen molar-refractivity contribution in [3.63, 3.8) is 0 Å². The smallest absolute Gasteiger partial charge is 0.313 e. The molecule has 0 amide bonds. The van der Waals surface area contributed by atoms with E-state index in [2.05, 4.69) is 20.7 Å². The number of hydrogen-bond donors (Lipinski definition) is 1. The Balaban J connectivity index is 0.00000256. The zero-order valence-electron chi connectivity index (χ0n) is 17.3. The van der Waals surface area contributed by atoms with Gasteiger partial charge in [0.05, 0.1) is 17.4 Å². The van der Waals surface area contributed by atoms with Crippen LogP contribution < -0.4 is 10.1 Å². The predicted molar refractivity (Wildman–Crippen MR) is 110 cm³/mol. The number of carbonyl (C=O) groups is 2. The number of nitrogens with zero attached hydrogens (tertiary/aromatic N) is 4. The number of piperidine rings is 1. The van der Waals surface area contributed by atoms with Gasteiger partial charge in [-0.3, -0.25) is 9.59 Å². The van der Waals surface area contributed by atoms with E-state index in [9.17, 15) is 9.59 Å². The SMILES string of the molecule is CC(C)(C)C(=O)OCn1nnc(-c2ccc3c(c2)C(=O)CC2(CCNCC2)O3)n1.Cl. The molecule has 0 saturated carbocycles. The summed E-state index contributed by atoms with van der Waals surface area (Å²) in [6, 6.07) is 5.36. The summed E-state index contributed by atoms with van der Waals surface area (Å²) in [5.74, 6) is 0.689. The summed E-state index contributed by atoms with van der Waals surface area (Å²) >= 11 is 0. The zero-order valence-corrected chi connectivity index (χ0v) is 18.1. The second kappa shape index (κ2) is 8.31. The molecule has 3 heterocycles. The lowest BCUT2D eigenvalue weighted by Crippen LogP contribution is -2.49. The number of benzene rings is 1. The Morgan fingerprint density at radius 3 is 2.73 bits per heavy atom. The molecule has 2 aromatic rings. The number of ketones is 1. The third-order valence-electron chi connectivity index (χ3n) is 5.24. The molecule has 1 aromatic carbocycles. The van der Waals surface area contributed by atoms with Gasteiger partial charge in [0.2, 0.25) is 12.6 Å². The molecule has 162 valence electrons. The molecule has 1 spiro atoms. The van der Waals surface area contributed by atoms with E-state index in [1.165, 1.54) is 4.80 Å². The van der Waals surface area contributed by atoms with Crippen LogP contribution in [0.25, 0.3) is 11.4 Å². The van der Waals surface area contributed by atoms with E-state index in [0.29, 0.717) is 29.1 Å². The maximum atomic E-state index is 12.8. The highest BCUT2D eigenvalue weighted by atomic mass is 35.5. The Morgan fingerprint density at radius 2 is 2.03 bits per heavy atom. The van der Waals surface area contributed by atoms with Crippen LogP contribution in [0.3, 0.4) is 0 Å². The van der Waals surface area contributed by atoms with Gasteiger partial charge in [0.25, 0.3) is 0 Å². The van der Waals surface area contributed by atoms with Gasteiger partial charge in [0, 0.05) is 18.4 Å². The maximum Gasteiger partial charge on any atom is 0.313 e. The van der Waals surface area contributed by atoms with Crippen LogP contribution in [0.5, 0.6) is 5.75 Å². The lowest BCUT2D eigenvalue weighted by molar-refractivity contribution is -0.157. The molecule has 30 heavy (non-hydrogen) atoms. The van der Waals surface area contributed by atoms with Crippen molar-refractivity contribution < 1.29 is 19.1 Å². The lowest BCUT2D eigenvalue weighted by Gasteiger charge is -2.40. The fourth-order valence-electron chi connectivity index (χ4n) is 3.54. The Kier molecular flexibility index (Phi) is 6.14. The van der Waals surface area contributed by atoms with Gasteiger partial charge < -0.3 is 14.8 Å². The molecule has 1 aromatic heterocycles. The molecule has 9 nitrogen and oxygen atoms in total. The van der Waals surface area contributed by atoms with Crippen LogP contribution in [0.1, 0.15) is 50.4 Å². The van der Waals surface area contributed by atoms with Crippen LogP contribution in [0.15, 0.2) is 18.2 Å². The lowest BCUT2D eigenvalue weighted by atomic mass is 9.83. The summed E-state index contributed by atoms with van der Waals surface area (Å²) in [4.78, 5) is 25.9. The Hall–Kier alpha value is -2.52. The molecule has 2 aliphatic rings. The van der Waals surface area contributed by atoms with E-state index < -0.39 is 11.0 Å². The normalized spacial score (nSPS) is 17.6. The van der Waals surface area contributed by atoms with Gasteiger partial charge in [-0.2, -0.15) is 0 Å². The number of ether oxygens (including phenoxy) is 2. The van der Waals surface area contributed by atoms with Crippen molar-refractivity contribution in [2.75, 3.05) is 13.1 Å². The van der Waals surface area contributed by atoms with Crippen molar-refractivity contribution in [3.8, 4) is 17.1 Å². The average molecular weight is 436 g/mol. The highest BCUT2D eigenvalue weighted by Crippen LogP contribution is 2.39. The fourth-order valence-corrected chi connectivity index (χ4v) is 3.54. The first kappa shape index (κ1) is 22.2. The molecule has 0 unspecified atom stereocenters. The van der Waals surface area contributed by atoms with Gasteiger partial charge in [-0.15, -0.1) is 27.4 Å². The molecular formula is C20H26ClN5O4. The zero-order chi connectivity index (χ0) is 20.6. The van der Waals surface area contributed by atoms with Crippen molar-refractivity contribution in [1.29, 1.82) is 0 Å². The number of Topliss-reactive ketones (excluding diaryl/α,β-unsaturated/α-hetero) is 1. The van der Waals surface area contributed by atoms with Gasteiger partial charge in [0.1, 0.15) is 11.4 Å². The molecule has 0 radical (unpaired) electrons. The maximum absolute atomic E-state index is 12.8. The van der Waals surface area contributed by atoms with Crippen LogP contribution in [0, 0.1) is 5.41 Å². The topological polar surface area (TPSA) is 108 Å². The van der Waals surface area contributed by atoms with Crippen molar-refractivity contribution in [3.05, 3.63) is 23.8 Å². The number of tetrazole rings is 1. The number of rotatable bonds is 3. The third-order valence-corrected chi connectivity index (χ3v) is 5.24. The fraction of sp³-hybridized carbons (Fsp3) is 0.550. The number of fused-ring (bicyclic) bond motifs is 1. The van der Waals surface area contributed by atoms with Gasteiger partial charge in [0.15, 0.2) is 5.78 Å². The molecular weight excluding hydrogens is 410 g/mol. The minimum atomic E-state index is -0.603. The summed E-state index contributed by atoms with van der Waals surface area (Å²) in [6.07, 6.45) is 2.03. The van der Waals surface area contributed by atoms with Crippen LogP contribution in [-0.4, -0.2) is 50.7 Å². The first-order valence-corrected chi connectivity index (χ1v) is 9.78. The van der Waals surface area contributed by atoms with E-state index in [1.54, 1.807) is 32.9 Å². The second-order valence-electron chi connectivity index (χ2n) is 8.64. The van der Waals surface area contributed by atoms with E-state index in [-0.39, 0.29) is 30.9 Å². The summed E-state index contributed by atoms with van der Waals surface area (Å²) < 4.78 is 11.4. The number of halogens is 1. The quantitative estimate of drug-likeness (QED) is 0.732. The van der Waals surface area contributed by atoms with Crippen molar-refractivity contribution in [1.82, 2.24) is 25.5 Å². The number of aromatic nitrogens is 4. The van der Waals surface area contributed by atoms with Gasteiger partial charge in [-0.1, -0.05) is 0 Å². The summed E-state index contributed by atoms with van der Waals surface area (Å²) in [5.41, 5.74) is 0.209.